The van der Waals surface area contributed by atoms with Gasteiger partial charge in [0.15, 0.2) is 5.13 Å². The second-order valence-electron chi connectivity index (χ2n) is 5.10. The average molecular weight is 330 g/mol. The van der Waals surface area contributed by atoms with E-state index in [0.717, 1.165) is 28.3 Å². The molecular formula is C14H20ClN3S2. The normalized spacial score (nSPS) is 11.3. The van der Waals surface area contributed by atoms with Crippen LogP contribution in [0, 0.1) is 6.92 Å². The summed E-state index contributed by atoms with van der Waals surface area (Å²) in [5.74, 6) is 0. The lowest BCUT2D eigenvalue weighted by Gasteiger charge is -2.14. The van der Waals surface area contributed by atoms with E-state index in [2.05, 4.69) is 49.1 Å². The quantitative estimate of drug-likeness (QED) is 0.856. The number of thiazole rings is 1. The first-order chi connectivity index (χ1) is 9.45. The van der Waals surface area contributed by atoms with E-state index in [4.69, 9.17) is 11.6 Å². The van der Waals surface area contributed by atoms with Crippen molar-refractivity contribution in [2.24, 2.45) is 0 Å². The summed E-state index contributed by atoms with van der Waals surface area (Å²) in [7, 11) is 2.07. The molecule has 0 fully saturated rings. The number of nitrogens with one attached hydrogen (secondary N) is 1. The molecular weight excluding hydrogens is 310 g/mol. The van der Waals surface area contributed by atoms with Crippen molar-refractivity contribution in [1.29, 1.82) is 0 Å². The molecule has 110 valence electrons. The highest BCUT2D eigenvalue weighted by Crippen LogP contribution is 2.28. The summed E-state index contributed by atoms with van der Waals surface area (Å²) < 4.78 is 0.838. The van der Waals surface area contributed by atoms with Crippen LogP contribution >= 0.6 is 34.3 Å². The van der Waals surface area contributed by atoms with E-state index in [0.29, 0.717) is 6.04 Å². The smallest absolute Gasteiger partial charge is 0.185 e. The van der Waals surface area contributed by atoms with E-state index in [9.17, 15) is 0 Å². The lowest BCUT2D eigenvalue weighted by molar-refractivity contribution is 0.591. The summed E-state index contributed by atoms with van der Waals surface area (Å²) in [5.41, 5.74) is 1.12. The third-order valence-electron chi connectivity index (χ3n) is 2.90. The molecule has 20 heavy (non-hydrogen) atoms. The zero-order chi connectivity index (χ0) is 14.7. The molecule has 2 aromatic heterocycles. The van der Waals surface area contributed by atoms with E-state index < -0.39 is 0 Å². The maximum absolute atomic E-state index is 5.97. The van der Waals surface area contributed by atoms with Crippen LogP contribution in [0.15, 0.2) is 12.1 Å². The zero-order valence-corrected chi connectivity index (χ0v) is 14.6. The second-order valence-corrected chi connectivity index (χ2v) is 7.96. The topological polar surface area (TPSA) is 28.2 Å². The number of aromatic nitrogens is 1. The largest absolute Gasteiger partial charge is 0.346 e. The van der Waals surface area contributed by atoms with Crippen LogP contribution in [0.2, 0.25) is 4.34 Å². The summed E-state index contributed by atoms with van der Waals surface area (Å²) in [4.78, 5) is 9.41. The van der Waals surface area contributed by atoms with Gasteiger partial charge < -0.3 is 10.2 Å². The molecule has 2 rings (SSSR count). The van der Waals surface area contributed by atoms with Crippen LogP contribution in [0.1, 0.15) is 29.3 Å². The Morgan fingerprint density at radius 2 is 2.10 bits per heavy atom. The SMILES string of the molecule is Cc1nc(N(C)Cc2ccc(Cl)s2)sc1CNC(C)C. The van der Waals surface area contributed by atoms with Crippen LogP contribution in [-0.2, 0) is 13.1 Å². The third kappa shape index (κ3) is 4.19. The molecule has 0 unspecified atom stereocenters. The molecule has 2 aromatic rings. The molecule has 0 saturated carbocycles. The monoisotopic (exact) mass is 329 g/mol. The lowest BCUT2D eigenvalue weighted by atomic mass is 10.3. The Labute approximate surface area is 133 Å². The van der Waals surface area contributed by atoms with Crippen LogP contribution in [0.25, 0.3) is 0 Å². The summed E-state index contributed by atoms with van der Waals surface area (Å²) in [5, 5.41) is 4.51. The maximum atomic E-state index is 5.97. The highest BCUT2D eigenvalue weighted by Gasteiger charge is 2.12. The van der Waals surface area contributed by atoms with Crippen LogP contribution in [-0.4, -0.2) is 18.1 Å². The van der Waals surface area contributed by atoms with Crippen LogP contribution in [0.5, 0.6) is 0 Å². The fourth-order valence-electron chi connectivity index (χ4n) is 1.77. The summed E-state index contributed by atoms with van der Waals surface area (Å²) in [6, 6.07) is 4.51. The van der Waals surface area contributed by atoms with Crippen molar-refractivity contribution in [3.63, 3.8) is 0 Å². The van der Waals surface area contributed by atoms with Gasteiger partial charge in [-0.3, -0.25) is 0 Å². The Hall–Kier alpha value is -0.620. The number of thiophene rings is 1. The molecule has 6 heteroatoms. The maximum Gasteiger partial charge on any atom is 0.185 e. The minimum Gasteiger partial charge on any atom is -0.346 e. The van der Waals surface area contributed by atoms with Gasteiger partial charge in [0.2, 0.25) is 0 Å². The van der Waals surface area contributed by atoms with E-state index in [1.54, 1.807) is 22.7 Å². The van der Waals surface area contributed by atoms with Crippen molar-refractivity contribution >= 4 is 39.4 Å². The number of rotatable bonds is 6. The summed E-state index contributed by atoms with van der Waals surface area (Å²) in [6.45, 7) is 8.13. The Balaban J connectivity index is 2.03. The van der Waals surface area contributed by atoms with Crippen molar-refractivity contribution in [1.82, 2.24) is 10.3 Å². The van der Waals surface area contributed by atoms with Crippen molar-refractivity contribution in [3.05, 3.63) is 31.9 Å². The van der Waals surface area contributed by atoms with Crippen LogP contribution < -0.4 is 10.2 Å². The Kier molecular flexibility index (Phi) is 5.43. The summed E-state index contributed by atoms with van der Waals surface area (Å²) in [6.07, 6.45) is 0. The van der Waals surface area contributed by atoms with Gasteiger partial charge in [-0.1, -0.05) is 25.4 Å². The van der Waals surface area contributed by atoms with E-state index in [-0.39, 0.29) is 0 Å². The van der Waals surface area contributed by atoms with Gasteiger partial charge in [0.1, 0.15) is 0 Å². The molecule has 0 atom stereocenters. The number of nitrogens with zero attached hydrogens (tertiary/aromatic N) is 2. The van der Waals surface area contributed by atoms with Gasteiger partial charge in [0, 0.05) is 29.4 Å². The van der Waals surface area contributed by atoms with Crippen molar-refractivity contribution in [3.8, 4) is 0 Å². The zero-order valence-electron chi connectivity index (χ0n) is 12.2. The molecule has 0 aliphatic rings. The molecule has 0 aliphatic heterocycles. The molecule has 0 radical (unpaired) electrons. The van der Waals surface area contributed by atoms with Crippen molar-refractivity contribution in [2.75, 3.05) is 11.9 Å². The fourth-order valence-corrected chi connectivity index (χ4v) is 3.89. The Bertz CT molecular complexity index is 563. The first-order valence-electron chi connectivity index (χ1n) is 6.60. The van der Waals surface area contributed by atoms with Crippen molar-refractivity contribution in [2.45, 2.75) is 39.9 Å². The molecule has 0 amide bonds. The molecule has 0 saturated heterocycles. The van der Waals surface area contributed by atoms with Gasteiger partial charge in [-0.05, 0) is 19.1 Å². The van der Waals surface area contributed by atoms with E-state index in [1.807, 2.05) is 6.07 Å². The lowest BCUT2D eigenvalue weighted by Crippen LogP contribution is -2.21. The summed E-state index contributed by atoms with van der Waals surface area (Å²) >= 11 is 9.35. The molecule has 0 aliphatic carbocycles. The number of aryl methyl sites for hydroxylation is 1. The molecule has 3 nitrogen and oxygen atoms in total. The minimum atomic E-state index is 0.492. The fraction of sp³-hybridized carbons (Fsp3) is 0.500. The number of anilines is 1. The van der Waals surface area contributed by atoms with Gasteiger partial charge in [-0.2, -0.15) is 0 Å². The number of halogens is 1. The standard InChI is InChI=1S/C14H20ClN3S2/c1-9(2)16-7-12-10(3)17-14(20-12)18(4)8-11-5-6-13(15)19-11/h5-6,9,16H,7-8H2,1-4H3. The predicted octanol–water partition coefficient (Wildman–Crippen LogP) is 4.30. The van der Waals surface area contributed by atoms with Crippen LogP contribution in [0.3, 0.4) is 0 Å². The number of hydrogen-bond donors (Lipinski definition) is 1. The van der Waals surface area contributed by atoms with E-state index >= 15 is 0 Å². The van der Waals surface area contributed by atoms with Gasteiger partial charge in [-0.25, -0.2) is 4.98 Å². The highest BCUT2D eigenvalue weighted by atomic mass is 35.5. The van der Waals surface area contributed by atoms with Gasteiger partial charge in [-0.15, -0.1) is 22.7 Å². The third-order valence-corrected chi connectivity index (χ3v) is 5.39. The Morgan fingerprint density at radius 1 is 1.35 bits per heavy atom. The molecule has 2 heterocycles. The second kappa shape index (κ2) is 6.89. The molecule has 0 aromatic carbocycles. The Morgan fingerprint density at radius 3 is 2.70 bits per heavy atom. The first-order valence-corrected chi connectivity index (χ1v) is 8.62. The predicted molar refractivity (Wildman–Crippen MR) is 90.3 cm³/mol. The first kappa shape index (κ1) is 15.8. The van der Waals surface area contributed by atoms with Crippen molar-refractivity contribution < 1.29 is 0 Å². The molecule has 0 bridgehead atoms. The van der Waals surface area contributed by atoms with Gasteiger partial charge in [0.05, 0.1) is 16.6 Å². The van der Waals surface area contributed by atoms with Crippen LogP contribution in [0.4, 0.5) is 5.13 Å². The van der Waals surface area contributed by atoms with Gasteiger partial charge >= 0.3 is 0 Å². The number of hydrogen-bond acceptors (Lipinski definition) is 5. The van der Waals surface area contributed by atoms with E-state index in [1.165, 1.54) is 9.75 Å². The highest BCUT2D eigenvalue weighted by molar-refractivity contribution is 7.16. The van der Waals surface area contributed by atoms with Gasteiger partial charge in [0.25, 0.3) is 0 Å². The minimum absolute atomic E-state index is 0.492. The average Bonchev–Trinajstić information content (AvgIpc) is 2.93. The molecule has 1 N–H and O–H groups in total. The molecule has 0 spiro atoms.